The van der Waals surface area contributed by atoms with Crippen LogP contribution in [-0.4, -0.2) is 244 Å². The fourth-order valence-corrected chi connectivity index (χ4v) is 15.4. The van der Waals surface area contributed by atoms with Crippen molar-refractivity contribution in [1.29, 1.82) is 0 Å². The predicted molar refractivity (Wildman–Crippen MR) is 540 cm³/mol. The Balaban J connectivity index is 0.000000242. The van der Waals surface area contributed by atoms with E-state index < -0.39 is 28.9 Å². The van der Waals surface area contributed by atoms with Gasteiger partial charge in [0.15, 0.2) is 121 Å². The molecule has 0 bridgehead atoms. The highest BCUT2D eigenvalue weighted by molar-refractivity contribution is 6.00. The van der Waals surface area contributed by atoms with Crippen molar-refractivity contribution in [3.63, 3.8) is 0 Å². The molecule has 0 spiro atoms. The van der Waals surface area contributed by atoms with Gasteiger partial charge in [-0.1, -0.05) is 78.9 Å². The van der Waals surface area contributed by atoms with E-state index in [4.69, 9.17) is 28.5 Å². The molecule has 12 aromatic carbocycles. The van der Waals surface area contributed by atoms with Crippen LogP contribution in [0.25, 0.3) is 0 Å². The Morgan fingerprint density at radius 3 is 0.850 bits per heavy atom. The van der Waals surface area contributed by atoms with Crippen LogP contribution in [-0.2, 0) is 107 Å². The summed E-state index contributed by atoms with van der Waals surface area (Å²) < 4.78 is 29.3. The Morgan fingerprint density at radius 2 is 0.558 bits per heavy atom. The number of aromatic hydroxyl groups is 20. The molecule has 0 saturated carbocycles. The average Bonchev–Trinajstić information content (AvgIpc) is 0.787. The number of hydrogen-bond donors (Lipinski definition) is 26. The second-order valence-electron chi connectivity index (χ2n) is 34.7. The standard InChI is InChI=1S/C49H64N4O16.C33H35N3O9.C27H24O6/c1-65-22-23-69-32-50-28-37(36-5-9-41(57)45(61)27-36)49(29-66-19-13-46(62)51-16-10-33-2-6-38(54)42(58)24-33,30-67-20-14-47(63)52-17-11-34-3-7-39(55)43(59)25-34)31-68-21-15-48(64)53-18-12-35-4-8-40(56)44(60)26-35;37-26-4-1-20(15-29(26)40)7-10-34-32(43)24-13-23(19-45-36-12-9-22-3-6-28(39)31(42)17-22)14-25(18-24)33(44)35-11-8-21-2-5-27(38)30(41)16-21;28-22-4-1-16(13-25(22)31)7-19-10-20(8-17-2-5-23(29)26(32)14-17)12-21(11-19)9-18-3-6-24(30)27(33)15-18/h2-9,24-27,32,37,54-61H,10-23,28-31H2,1H3,(H,51,62)(H,52,63)(H,53,64);1-6,13-18,36-42H,7-12,19H2,(H,34,43)(H,35,44);1-6,10-15,28-33H,7-9H2. The Labute approximate surface area is 846 Å². The molecule has 0 aliphatic heterocycles. The number of nitrogens with one attached hydrogen (secondary N) is 6. The van der Waals surface area contributed by atoms with Crippen LogP contribution in [0.4, 0.5) is 0 Å². The van der Waals surface area contributed by atoms with Gasteiger partial charge in [-0.15, -0.1) is 0 Å². The van der Waals surface area contributed by atoms with Gasteiger partial charge in [0.2, 0.25) is 17.7 Å². The van der Waals surface area contributed by atoms with Crippen LogP contribution in [0.3, 0.4) is 0 Å². The van der Waals surface area contributed by atoms with Gasteiger partial charge in [0.25, 0.3) is 11.8 Å². The van der Waals surface area contributed by atoms with E-state index in [9.17, 15) is 126 Å². The van der Waals surface area contributed by atoms with Crippen LogP contribution in [0, 0.1) is 5.41 Å². The van der Waals surface area contributed by atoms with E-state index in [1.54, 1.807) is 72.8 Å². The number of rotatable bonds is 52. The Bertz CT molecular complexity index is 5990. The summed E-state index contributed by atoms with van der Waals surface area (Å²) in [7, 11) is 1.53. The topological polar surface area (TPSA) is 630 Å². The number of ether oxygens (including phenoxy) is 5. The van der Waals surface area contributed by atoms with E-state index in [1.165, 1.54) is 141 Å². The molecule has 0 aliphatic rings. The zero-order valence-corrected chi connectivity index (χ0v) is 80.6. The molecule has 12 rings (SSSR count). The Hall–Kier alpha value is -16.8. The van der Waals surface area contributed by atoms with Crippen molar-refractivity contribution in [2.24, 2.45) is 10.4 Å². The maximum absolute atomic E-state index is 13.1. The number of aliphatic imine (C=N–C) groups is 1. The molecule has 12 aromatic rings. The number of phenols is 20. The van der Waals surface area contributed by atoms with Crippen molar-refractivity contribution in [2.75, 3.05) is 106 Å². The molecule has 38 nitrogen and oxygen atoms in total. The van der Waals surface area contributed by atoms with Gasteiger partial charge >= 0.3 is 0 Å². The summed E-state index contributed by atoms with van der Waals surface area (Å²) in [6, 6.07) is 55.8. The van der Waals surface area contributed by atoms with Gasteiger partial charge in [0, 0.05) is 94.6 Å². The van der Waals surface area contributed by atoms with Gasteiger partial charge in [-0.3, -0.25) is 33.8 Å². The second-order valence-corrected chi connectivity index (χ2v) is 34.7. The monoisotopic (exact) mass is 2030 g/mol. The number of phenolic OH excluding ortho intramolecular Hbond substituents is 20. The molecule has 0 heterocycles. The van der Waals surface area contributed by atoms with Crippen molar-refractivity contribution < 1.29 is 155 Å². The molecule has 38 heteroatoms. The molecule has 147 heavy (non-hydrogen) atoms. The predicted octanol–water partition coefficient (Wildman–Crippen LogP) is 11.2. The van der Waals surface area contributed by atoms with Crippen molar-refractivity contribution in [1.82, 2.24) is 32.1 Å². The summed E-state index contributed by atoms with van der Waals surface area (Å²) in [6.45, 7) is 1.56. The van der Waals surface area contributed by atoms with Gasteiger partial charge in [-0.25, -0.2) is 5.48 Å². The van der Waals surface area contributed by atoms with Crippen molar-refractivity contribution >= 4 is 35.9 Å². The van der Waals surface area contributed by atoms with Crippen LogP contribution in [0.15, 0.2) is 223 Å². The van der Waals surface area contributed by atoms with E-state index in [-0.39, 0.29) is 249 Å². The van der Waals surface area contributed by atoms with Crippen LogP contribution in [0.1, 0.15) is 124 Å². The molecule has 0 saturated heterocycles. The Kier molecular flexibility index (Phi) is 43.4. The Morgan fingerprint density at radius 1 is 0.286 bits per heavy atom. The van der Waals surface area contributed by atoms with Crippen LogP contribution >= 0.6 is 0 Å². The first kappa shape index (κ1) is 112. The SMILES string of the molecule is COCCOC=NCC(c1ccc(O)c(O)c1)C(COCCC(=O)NCCc1ccc(O)c(O)c1)(COCCC(=O)NCCc1ccc(O)c(O)c1)COCCC(=O)NCCc1ccc(O)c(O)c1.O=C(NCCc1ccc(O)c(O)c1)c1cc(CONCCc2ccc(O)c(O)c2)cc(C(=O)NCCc2ccc(O)c(O)c2)c1.Oc1ccc(Cc2cc(Cc3ccc(O)c(O)c3)cc(Cc3ccc(O)c(O)c3)c2)cc1O. The number of carbonyl (C=O) groups excluding carboxylic acids is 5. The zero-order chi connectivity index (χ0) is 106. The lowest BCUT2D eigenvalue weighted by Gasteiger charge is -2.40. The van der Waals surface area contributed by atoms with Crippen LogP contribution in [0.2, 0.25) is 0 Å². The summed E-state index contributed by atoms with van der Waals surface area (Å²) in [4.78, 5) is 75.0. The highest BCUT2D eigenvalue weighted by Gasteiger charge is 2.42. The number of methoxy groups -OCH3 is 1. The first-order chi connectivity index (χ1) is 70.5. The first-order valence-electron chi connectivity index (χ1n) is 46.9. The minimum Gasteiger partial charge on any atom is -0.504 e. The summed E-state index contributed by atoms with van der Waals surface area (Å²) >= 11 is 0. The lowest BCUT2D eigenvalue weighted by molar-refractivity contribution is -0.124. The molecular weight excluding hydrogens is 1900 g/mol. The van der Waals surface area contributed by atoms with Crippen LogP contribution in [0.5, 0.6) is 115 Å². The first-order valence-corrected chi connectivity index (χ1v) is 46.9. The fourth-order valence-electron chi connectivity index (χ4n) is 15.4. The van der Waals surface area contributed by atoms with Crippen molar-refractivity contribution in [3.8, 4) is 115 Å². The molecule has 1 atom stereocenters. The number of hydrogen-bond acceptors (Lipinski definition) is 33. The van der Waals surface area contributed by atoms with Crippen molar-refractivity contribution in [3.05, 3.63) is 307 Å². The third kappa shape index (κ3) is 37.2. The molecule has 1 unspecified atom stereocenters. The maximum atomic E-state index is 13.1. The molecule has 5 amide bonds. The maximum Gasteiger partial charge on any atom is 0.251 e. The lowest BCUT2D eigenvalue weighted by Crippen LogP contribution is -2.45. The third-order valence-corrected chi connectivity index (χ3v) is 23.2. The van der Waals surface area contributed by atoms with Crippen LogP contribution < -0.4 is 32.1 Å². The number of benzene rings is 12. The zero-order valence-electron chi connectivity index (χ0n) is 80.6. The molecule has 0 radical (unpaired) electrons. The number of carbonyl (C=O) groups is 5. The lowest BCUT2D eigenvalue weighted by atomic mass is 9.73. The highest BCUT2D eigenvalue weighted by atomic mass is 16.6. The average molecular weight is 2030 g/mol. The van der Waals surface area contributed by atoms with E-state index in [0.29, 0.717) is 110 Å². The third-order valence-electron chi connectivity index (χ3n) is 23.2. The minimum atomic E-state index is -1.21. The molecule has 26 N–H and O–H groups in total. The summed E-state index contributed by atoms with van der Waals surface area (Å²) in [5.41, 5.74) is 12.9. The van der Waals surface area contributed by atoms with Gasteiger partial charge in [-0.2, -0.15) is 0 Å². The smallest absolute Gasteiger partial charge is 0.251 e. The molecule has 0 fully saturated rings. The van der Waals surface area contributed by atoms with E-state index >= 15 is 0 Å². The van der Waals surface area contributed by atoms with Crippen molar-refractivity contribution in [2.45, 2.75) is 89.6 Å². The molecule has 0 aliphatic carbocycles. The van der Waals surface area contributed by atoms with Gasteiger partial charge < -0.3 is 152 Å². The largest absolute Gasteiger partial charge is 0.504 e. The van der Waals surface area contributed by atoms with E-state index in [1.807, 2.05) is 18.2 Å². The number of amides is 5. The van der Waals surface area contributed by atoms with Gasteiger partial charge in [0.1, 0.15) is 6.61 Å². The van der Waals surface area contributed by atoms with Gasteiger partial charge in [-0.05, 0) is 275 Å². The summed E-state index contributed by atoms with van der Waals surface area (Å²) in [5.74, 6) is -7.31. The van der Waals surface area contributed by atoms with E-state index in [2.05, 4.69) is 37.1 Å². The highest BCUT2D eigenvalue weighted by Crippen LogP contribution is 2.43. The summed E-state index contributed by atoms with van der Waals surface area (Å²) in [6.07, 6.45) is 5.12. The minimum absolute atomic E-state index is 0.00117. The molecular formula is C109H123N7O31. The van der Waals surface area contributed by atoms with Gasteiger partial charge in [0.05, 0.1) is 52.9 Å². The normalized spacial score (nSPS) is 11.4. The summed E-state index contributed by atoms with van der Waals surface area (Å²) in [5, 5.41) is 209. The molecule has 780 valence electrons. The second kappa shape index (κ2) is 56.9. The molecule has 0 aromatic heterocycles. The number of hydroxylamine groups is 1. The van der Waals surface area contributed by atoms with E-state index in [0.717, 1.165) is 38.9 Å². The quantitative estimate of drug-likeness (QED) is 0.00553. The number of nitrogens with zero attached hydrogens (tertiary/aromatic N) is 1. The fraction of sp³-hybridized carbons (Fsp3) is 0.284.